The van der Waals surface area contributed by atoms with E-state index in [1.54, 1.807) is 0 Å². The molecule has 0 aromatic heterocycles. The van der Waals surface area contributed by atoms with Gasteiger partial charge in [0.15, 0.2) is 0 Å². The third-order valence-electron chi connectivity index (χ3n) is 4.38. The molecule has 2 N–H and O–H groups in total. The Bertz CT molecular complexity index is 225. The molecule has 0 spiro atoms. The second-order valence-electron chi connectivity index (χ2n) is 6.51. The summed E-state index contributed by atoms with van der Waals surface area (Å²) < 4.78 is 0. The van der Waals surface area contributed by atoms with Crippen LogP contribution in [-0.4, -0.2) is 41.1 Å². The molecule has 3 heteroatoms. The van der Waals surface area contributed by atoms with Crippen molar-refractivity contribution in [3.05, 3.63) is 0 Å². The highest BCUT2D eigenvalue weighted by Crippen LogP contribution is 2.27. The van der Waals surface area contributed by atoms with Crippen molar-refractivity contribution in [3.8, 4) is 0 Å². The molecule has 0 radical (unpaired) electrons. The summed E-state index contributed by atoms with van der Waals surface area (Å²) in [6.07, 6.45) is 11.1. The van der Waals surface area contributed by atoms with E-state index in [-0.39, 0.29) is 0 Å². The molecule has 1 fully saturated rings. The minimum Gasteiger partial charge on any atom is -0.329 e. The summed E-state index contributed by atoms with van der Waals surface area (Å²) in [5, 5.41) is 1.53. The second kappa shape index (κ2) is 10.9. The summed E-state index contributed by atoms with van der Waals surface area (Å²) in [6, 6.07) is 0.622. The molecule has 0 amide bonds. The van der Waals surface area contributed by atoms with Crippen LogP contribution in [0.4, 0.5) is 0 Å². The molecule has 0 aliphatic carbocycles. The summed E-state index contributed by atoms with van der Waals surface area (Å²) in [7, 11) is 0. The zero-order chi connectivity index (χ0) is 14.8. The van der Waals surface area contributed by atoms with E-state index >= 15 is 0 Å². The minimum atomic E-state index is 0.622. The van der Waals surface area contributed by atoms with E-state index in [1.165, 1.54) is 64.5 Å². The number of nitrogens with two attached hydrogens (primary N) is 1. The Morgan fingerprint density at radius 1 is 1.00 bits per heavy atom. The average molecular weight is 301 g/mol. The van der Waals surface area contributed by atoms with Gasteiger partial charge >= 0.3 is 0 Å². The molecule has 20 heavy (non-hydrogen) atoms. The largest absolute Gasteiger partial charge is 0.329 e. The van der Waals surface area contributed by atoms with Crippen molar-refractivity contribution in [2.75, 3.05) is 19.6 Å². The molecule has 1 rings (SSSR count). The summed E-state index contributed by atoms with van der Waals surface area (Å²) in [4.78, 5) is 2.66. The fraction of sp³-hybridized carbons (Fsp3) is 1.00. The van der Waals surface area contributed by atoms with Gasteiger partial charge in [-0.25, -0.2) is 0 Å². The van der Waals surface area contributed by atoms with Gasteiger partial charge in [0.1, 0.15) is 0 Å². The van der Waals surface area contributed by atoms with E-state index in [1.807, 2.05) is 0 Å². The first-order valence-electron chi connectivity index (χ1n) is 8.77. The highest BCUT2D eigenvalue weighted by atomic mass is 32.2. The zero-order valence-electron chi connectivity index (χ0n) is 13.9. The smallest absolute Gasteiger partial charge is 0.0219 e. The van der Waals surface area contributed by atoms with Gasteiger partial charge in [-0.15, -0.1) is 0 Å². The molecule has 0 aromatic carbocycles. The van der Waals surface area contributed by atoms with Crippen molar-refractivity contribution in [1.82, 2.24) is 4.90 Å². The normalized spacial score (nSPS) is 25.8. The number of nitrogens with zero attached hydrogens (tertiary/aromatic N) is 1. The number of unbranched alkanes of at least 4 members (excludes halogenated alkanes) is 6. The van der Waals surface area contributed by atoms with E-state index in [0.717, 1.165) is 17.0 Å². The third kappa shape index (κ3) is 7.33. The molecule has 0 saturated carbocycles. The molecule has 120 valence electrons. The maximum absolute atomic E-state index is 6.03. The molecular weight excluding hydrogens is 264 g/mol. The third-order valence-corrected chi connectivity index (χ3v) is 5.60. The standard InChI is InChI=1S/C17H36N2S/c1-4-5-6-7-8-9-10-11-17(12-18)19-13-15(2)20-16(3)14-19/h15-17H,4-14,18H2,1-3H3. The van der Waals surface area contributed by atoms with Gasteiger partial charge in [-0.05, 0) is 6.42 Å². The van der Waals surface area contributed by atoms with E-state index < -0.39 is 0 Å². The average Bonchev–Trinajstić information content (AvgIpc) is 2.41. The first-order chi connectivity index (χ1) is 9.67. The Morgan fingerprint density at radius 2 is 1.55 bits per heavy atom. The lowest BCUT2D eigenvalue weighted by Gasteiger charge is -2.39. The Balaban J connectivity index is 2.15. The van der Waals surface area contributed by atoms with Crippen molar-refractivity contribution in [2.24, 2.45) is 5.73 Å². The number of thioether (sulfide) groups is 1. The molecular formula is C17H36N2S. The number of hydrogen-bond donors (Lipinski definition) is 1. The van der Waals surface area contributed by atoms with E-state index in [4.69, 9.17) is 5.73 Å². The van der Waals surface area contributed by atoms with Gasteiger partial charge in [0, 0.05) is 36.2 Å². The quantitative estimate of drug-likeness (QED) is 0.611. The van der Waals surface area contributed by atoms with Gasteiger partial charge in [0.2, 0.25) is 0 Å². The number of rotatable bonds is 10. The van der Waals surface area contributed by atoms with Gasteiger partial charge in [-0.2, -0.15) is 11.8 Å². The SMILES string of the molecule is CCCCCCCCCC(CN)N1CC(C)SC(C)C1. The Labute approximate surface area is 131 Å². The van der Waals surface area contributed by atoms with Crippen LogP contribution in [0.3, 0.4) is 0 Å². The van der Waals surface area contributed by atoms with Gasteiger partial charge < -0.3 is 5.73 Å². The lowest BCUT2D eigenvalue weighted by molar-refractivity contribution is 0.185. The molecule has 0 aromatic rings. The highest BCUT2D eigenvalue weighted by molar-refractivity contribution is 8.00. The Hall–Kier alpha value is 0.270. The van der Waals surface area contributed by atoms with Gasteiger partial charge in [-0.3, -0.25) is 4.90 Å². The first-order valence-corrected chi connectivity index (χ1v) is 9.71. The van der Waals surface area contributed by atoms with Crippen molar-refractivity contribution < 1.29 is 0 Å². The first kappa shape index (κ1) is 18.3. The summed E-state index contributed by atoms with van der Waals surface area (Å²) in [5.41, 5.74) is 6.03. The predicted molar refractivity (Wildman–Crippen MR) is 93.5 cm³/mol. The van der Waals surface area contributed by atoms with Crippen LogP contribution in [0.2, 0.25) is 0 Å². The van der Waals surface area contributed by atoms with Crippen molar-refractivity contribution in [1.29, 1.82) is 0 Å². The van der Waals surface area contributed by atoms with Crippen molar-refractivity contribution >= 4 is 11.8 Å². The van der Waals surface area contributed by atoms with E-state index in [9.17, 15) is 0 Å². The molecule has 0 bridgehead atoms. The van der Waals surface area contributed by atoms with Crippen LogP contribution in [0.25, 0.3) is 0 Å². The van der Waals surface area contributed by atoms with Gasteiger partial charge in [0.05, 0.1) is 0 Å². The molecule has 3 atom stereocenters. The highest BCUT2D eigenvalue weighted by Gasteiger charge is 2.26. The minimum absolute atomic E-state index is 0.622. The fourth-order valence-electron chi connectivity index (χ4n) is 3.30. The summed E-state index contributed by atoms with van der Waals surface area (Å²) in [6.45, 7) is 10.3. The molecule has 1 saturated heterocycles. The van der Waals surface area contributed by atoms with Crippen LogP contribution < -0.4 is 5.73 Å². The van der Waals surface area contributed by atoms with Crippen molar-refractivity contribution in [3.63, 3.8) is 0 Å². The van der Waals surface area contributed by atoms with Crippen LogP contribution in [0.15, 0.2) is 0 Å². The maximum Gasteiger partial charge on any atom is 0.0219 e. The molecule has 2 nitrogen and oxygen atoms in total. The lowest BCUT2D eigenvalue weighted by atomic mass is 10.0. The van der Waals surface area contributed by atoms with E-state index in [0.29, 0.717) is 6.04 Å². The molecule has 1 heterocycles. The maximum atomic E-state index is 6.03. The van der Waals surface area contributed by atoms with Crippen LogP contribution >= 0.6 is 11.8 Å². The fourth-order valence-corrected chi connectivity index (χ4v) is 4.65. The number of hydrogen-bond acceptors (Lipinski definition) is 3. The molecule has 1 aliphatic heterocycles. The topological polar surface area (TPSA) is 29.3 Å². The zero-order valence-corrected chi connectivity index (χ0v) is 14.8. The van der Waals surface area contributed by atoms with Crippen LogP contribution in [0.5, 0.6) is 0 Å². The monoisotopic (exact) mass is 300 g/mol. The van der Waals surface area contributed by atoms with Gasteiger partial charge in [0.25, 0.3) is 0 Å². The van der Waals surface area contributed by atoms with Gasteiger partial charge in [-0.1, -0.05) is 65.7 Å². The second-order valence-corrected chi connectivity index (χ2v) is 8.39. The van der Waals surface area contributed by atoms with E-state index in [2.05, 4.69) is 37.4 Å². The molecule has 1 aliphatic rings. The van der Waals surface area contributed by atoms with Crippen LogP contribution in [0, 0.1) is 0 Å². The van der Waals surface area contributed by atoms with Crippen LogP contribution in [-0.2, 0) is 0 Å². The van der Waals surface area contributed by atoms with Crippen molar-refractivity contribution in [2.45, 2.75) is 88.7 Å². The van der Waals surface area contributed by atoms with Crippen LogP contribution in [0.1, 0.15) is 72.1 Å². The summed E-state index contributed by atoms with van der Waals surface area (Å²) >= 11 is 2.13. The molecule has 3 unspecified atom stereocenters. The Morgan fingerprint density at radius 3 is 2.10 bits per heavy atom. The Kier molecular flexibility index (Phi) is 10.0. The predicted octanol–water partition coefficient (Wildman–Crippen LogP) is 4.28. The summed E-state index contributed by atoms with van der Waals surface area (Å²) in [5.74, 6) is 0. The lowest BCUT2D eigenvalue weighted by Crippen LogP contribution is -2.49.